The summed E-state index contributed by atoms with van der Waals surface area (Å²) in [6.07, 6.45) is 0.877. The van der Waals surface area contributed by atoms with Crippen molar-refractivity contribution in [3.8, 4) is 0 Å². The lowest BCUT2D eigenvalue weighted by atomic mass is 10.0. The van der Waals surface area contributed by atoms with Crippen LogP contribution in [0, 0.1) is 5.92 Å². The van der Waals surface area contributed by atoms with E-state index in [4.69, 9.17) is 5.11 Å². The second kappa shape index (κ2) is 6.80. The Balaban J connectivity index is 4.11. The van der Waals surface area contributed by atoms with Crippen LogP contribution in [0.25, 0.3) is 0 Å². The third-order valence-corrected chi connectivity index (χ3v) is 2.27. The molecule has 0 aliphatic carbocycles. The molecule has 2 unspecified atom stereocenters. The number of carbonyl (C=O) groups excluding carboxylic acids is 1. The molecule has 0 saturated heterocycles. The van der Waals surface area contributed by atoms with Crippen molar-refractivity contribution in [2.24, 2.45) is 5.92 Å². The van der Waals surface area contributed by atoms with Crippen LogP contribution < -0.4 is 5.32 Å². The Morgan fingerprint density at radius 1 is 1.33 bits per heavy atom. The molecular formula is C11H24N2O2. The zero-order valence-electron chi connectivity index (χ0n) is 10.4. The Hall–Kier alpha value is -0.610. The van der Waals surface area contributed by atoms with Crippen LogP contribution in [0.5, 0.6) is 0 Å². The van der Waals surface area contributed by atoms with Crippen LogP contribution in [0.2, 0.25) is 0 Å². The lowest BCUT2D eigenvalue weighted by Crippen LogP contribution is -2.47. The molecule has 0 saturated carbocycles. The summed E-state index contributed by atoms with van der Waals surface area (Å²) in [5.41, 5.74) is 0. The lowest BCUT2D eigenvalue weighted by Gasteiger charge is -2.24. The van der Waals surface area contributed by atoms with E-state index in [0.717, 1.165) is 6.42 Å². The summed E-state index contributed by atoms with van der Waals surface area (Å²) in [5, 5.41) is 12.3. The van der Waals surface area contributed by atoms with E-state index in [9.17, 15) is 4.79 Å². The van der Waals surface area contributed by atoms with Crippen LogP contribution >= 0.6 is 0 Å². The molecule has 0 bridgehead atoms. The molecule has 4 nitrogen and oxygen atoms in total. The molecule has 15 heavy (non-hydrogen) atoms. The Bertz CT molecular complexity index is 193. The number of rotatable bonds is 6. The van der Waals surface area contributed by atoms with Gasteiger partial charge in [0.25, 0.3) is 0 Å². The highest BCUT2D eigenvalue weighted by atomic mass is 16.3. The highest BCUT2D eigenvalue weighted by Crippen LogP contribution is 2.05. The smallest absolute Gasteiger partial charge is 0.238 e. The van der Waals surface area contributed by atoms with E-state index >= 15 is 0 Å². The second-order valence-corrected chi connectivity index (χ2v) is 4.63. The van der Waals surface area contributed by atoms with Crippen molar-refractivity contribution in [2.45, 2.75) is 39.3 Å². The number of hydrogen-bond acceptors (Lipinski definition) is 3. The van der Waals surface area contributed by atoms with E-state index in [2.05, 4.69) is 19.2 Å². The van der Waals surface area contributed by atoms with Crippen molar-refractivity contribution in [3.63, 3.8) is 0 Å². The summed E-state index contributed by atoms with van der Waals surface area (Å²) in [4.78, 5) is 13.1. The summed E-state index contributed by atoms with van der Waals surface area (Å²) >= 11 is 0. The molecule has 0 fully saturated rings. The number of amides is 1. The molecule has 2 N–H and O–H groups in total. The number of nitrogens with zero attached hydrogens (tertiary/aromatic N) is 1. The monoisotopic (exact) mass is 216 g/mol. The van der Waals surface area contributed by atoms with Crippen molar-refractivity contribution >= 4 is 5.91 Å². The number of aliphatic hydroxyl groups is 1. The third kappa shape index (κ3) is 5.74. The van der Waals surface area contributed by atoms with Crippen molar-refractivity contribution in [3.05, 3.63) is 0 Å². The second-order valence-electron chi connectivity index (χ2n) is 4.63. The summed E-state index contributed by atoms with van der Waals surface area (Å²) in [5.74, 6) is 0.550. The van der Waals surface area contributed by atoms with Gasteiger partial charge in [0, 0.05) is 20.1 Å². The van der Waals surface area contributed by atoms with Gasteiger partial charge in [-0.05, 0) is 19.3 Å². The zero-order valence-corrected chi connectivity index (χ0v) is 10.4. The number of nitrogens with one attached hydrogen (secondary N) is 1. The molecule has 0 rings (SSSR count). The SMILES string of the molecule is CC(C)CC(CO)NC(C)C(=O)N(C)C. The summed E-state index contributed by atoms with van der Waals surface area (Å²) in [7, 11) is 3.47. The standard InChI is InChI=1S/C11H24N2O2/c1-8(2)6-10(7-14)12-9(3)11(15)13(4)5/h8-10,12,14H,6-7H2,1-5H3. The topological polar surface area (TPSA) is 52.6 Å². The lowest BCUT2D eigenvalue weighted by molar-refractivity contribution is -0.130. The first kappa shape index (κ1) is 14.4. The van der Waals surface area contributed by atoms with Gasteiger partial charge in [-0.15, -0.1) is 0 Å². The Morgan fingerprint density at radius 2 is 1.87 bits per heavy atom. The minimum atomic E-state index is -0.240. The molecule has 0 spiro atoms. The van der Waals surface area contributed by atoms with Crippen LogP contribution in [0.15, 0.2) is 0 Å². The normalized spacial score (nSPS) is 15.1. The molecule has 1 amide bonds. The van der Waals surface area contributed by atoms with E-state index in [0.29, 0.717) is 5.92 Å². The van der Waals surface area contributed by atoms with Gasteiger partial charge in [-0.1, -0.05) is 13.8 Å². The highest BCUT2D eigenvalue weighted by Gasteiger charge is 2.19. The Kier molecular flexibility index (Phi) is 6.52. The first-order valence-corrected chi connectivity index (χ1v) is 5.46. The van der Waals surface area contributed by atoms with E-state index in [1.54, 1.807) is 19.0 Å². The average Bonchev–Trinajstić information content (AvgIpc) is 2.14. The molecule has 4 heteroatoms. The molecule has 0 aromatic heterocycles. The van der Waals surface area contributed by atoms with Crippen LogP contribution in [-0.4, -0.2) is 48.7 Å². The van der Waals surface area contributed by atoms with Crippen molar-refractivity contribution in [1.29, 1.82) is 0 Å². The maximum absolute atomic E-state index is 11.6. The molecule has 0 aromatic rings. The minimum Gasteiger partial charge on any atom is -0.395 e. The van der Waals surface area contributed by atoms with Gasteiger partial charge in [-0.3, -0.25) is 4.79 Å². The first-order valence-electron chi connectivity index (χ1n) is 5.46. The van der Waals surface area contributed by atoms with Crippen LogP contribution in [0.1, 0.15) is 27.2 Å². The van der Waals surface area contributed by atoms with Gasteiger partial charge in [0.2, 0.25) is 5.91 Å². The van der Waals surface area contributed by atoms with E-state index in [1.165, 1.54) is 0 Å². The predicted molar refractivity (Wildman–Crippen MR) is 61.6 cm³/mol. The number of aliphatic hydroxyl groups excluding tert-OH is 1. The Labute approximate surface area is 92.7 Å². The fraction of sp³-hybridized carbons (Fsp3) is 0.909. The fourth-order valence-electron chi connectivity index (χ4n) is 1.58. The summed E-state index contributed by atoms with van der Waals surface area (Å²) < 4.78 is 0. The van der Waals surface area contributed by atoms with Crippen molar-refractivity contribution in [1.82, 2.24) is 10.2 Å². The fourth-order valence-corrected chi connectivity index (χ4v) is 1.58. The molecule has 0 radical (unpaired) electrons. The van der Waals surface area contributed by atoms with E-state index in [-0.39, 0.29) is 24.6 Å². The number of likely N-dealkylation sites (N-methyl/N-ethyl adjacent to an activating group) is 1. The van der Waals surface area contributed by atoms with Crippen LogP contribution in [0.4, 0.5) is 0 Å². The van der Waals surface area contributed by atoms with Gasteiger partial charge in [-0.25, -0.2) is 0 Å². The summed E-state index contributed by atoms with van der Waals surface area (Å²) in [6, 6.07) is -0.236. The first-order chi connectivity index (χ1) is 6.88. The maximum atomic E-state index is 11.6. The van der Waals surface area contributed by atoms with Crippen LogP contribution in [-0.2, 0) is 4.79 Å². The van der Waals surface area contributed by atoms with Crippen molar-refractivity contribution < 1.29 is 9.90 Å². The molecule has 2 atom stereocenters. The number of carbonyl (C=O) groups is 1. The van der Waals surface area contributed by atoms with Gasteiger partial charge >= 0.3 is 0 Å². The molecule has 0 heterocycles. The third-order valence-electron chi connectivity index (χ3n) is 2.27. The highest BCUT2D eigenvalue weighted by molar-refractivity contribution is 5.80. The van der Waals surface area contributed by atoms with Crippen LogP contribution in [0.3, 0.4) is 0 Å². The van der Waals surface area contributed by atoms with E-state index in [1.807, 2.05) is 6.92 Å². The van der Waals surface area contributed by atoms with Gasteiger partial charge in [0.15, 0.2) is 0 Å². The predicted octanol–water partition coefficient (Wildman–Crippen LogP) is 0.460. The quantitative estimate of drug-likeness (QED) is 0.678. The van der Waals surface area contributed by atoms with Gasteiger partial charge in [0.1, 0.15) is 0 Å². The molecule has 90 valence electrons. The molecule has 0 aliphatic heterocycles. The molecule has 0 aromatic carbocycles. The molecule has 0 aliphatic rings. The summed E-state index contributed by atoms with van der Waals surface area (Å²) in [6.45, 7) is 6.10. The van der Waals surface area contributed by atoms with Gasteiger partial charge in [0.05, 0.1) is 12.6 Å². The Morgan fingerprint density at radius 3 is 2.20 bits per heavy atom. The van der Waals surface area contributed by atoms with E-state index < -0.39 is 0 Å². The van der Waals surface area contributed by atoms with Crippen molar-refractivity contribution in [2.75, 3.05) is 20.7 Å². The zero-order chi connectivity index (χ0) is 12.0. The largest absolute Gasteiger partial charge is 0.395 e. The van der Waals surface area contributed by atoms with Gasteiger partial charge in [-0.2, -0.15) is 0 Å². The van der Waals surface area contributed by atoms with Gasteiger partial charge < -0.3 is 15.3 Å². The minimum absolute atomic E-state index is 0.00361. The maximum Gasteiger partial charge on any atom is 0.238 e. The molecular weight excluding hydrogens is 192 g/mol. The number of hydrogen-bond donors (Lipinski definition) is 2. The average molecular weight is 216 g/mol.